The minimum atomic E-state index is -1.01. The lowest BCUT2D eigenvalue weighted by Crippen LogP contribution is -1.99. The first-order chi connectivity index (χ1) is 8.97. The number of benzene rings is 2. The molecule has 0 aliphatic heterocycles. The second kappa shape index (κ2) is 5.85. The van der Waals surface area contributed by atoms with E-state index in [0.717, 1.165) is 17.7 Å². The van der Waals surface area contributed by atoms with Crippen molar-refractivity contribution in [2.24, 2.45) is 0 Å². The van der Waals surface area contributed by atoms with Crippen molar-refractivity contribution in [3.63, 3.8) is 0 Å². The molecular formula is C14H9Cl2F3. The van der Waals surface area contributed by atoms with Gasteiger partial charge in [-0.2, -0.15) is 0 Å². The molecule has 1 atom stereocenters. The number of rotatable bonds is 3. The first kappa shape index (κ1) is 14.2. The van der Waals surface area contributed by atoms with Gasteiger partial charge in [0.25, 0.3) is 0 Å². The predicted octanol–water partition coefficient (Wildman–Crippen LogP) is 5.28. The summed E-state index contributed by atoms with van der Waals surface area (Å²) in [4.78, 5) is 0. The minimum Gasteiger partial charge on any atom is -0.207 e. The van der Waals surface area contributed by atoms with Gasteiger partial charge in [0.05, 0.1) is 5.38 Å². The molecule has 0 radical (unpaired) electrons. The van der Waals surface area contributed by atoms with Crippen molar-refractivity contribution in [2.75, 3.05) is 0 Å². The standard InChI is InChI=1S/C14H9Cl2F3/c15-11(5-8-1-3-9(17)4-2-8)10-6-13(18)14(19)7-12(10)16/h1-4,6-7,11H,5H2. The van der Waals surface area contributed by atoms with E-state index in [2.05, 4.69) is 0 Å². The summed E-state index contributed by atoms with van der Waals surface area (Å²) in [7, 11) is 0. The van der Waals surface area contributed by atoms with Crippen LogP contribution in [0.5, 0.6) is 0 Å². The maximum atomic E-state index is 13.2. The van der Waals surface area contributed by atoms with Crippen LogP contribution in [-0.4, -0.2) is 0 Å². The molecule has 0 saturated heterocycles. The van der Waals surface area contributed by atoms with E-state index in [1.54, 1.807) is 12.1 Å². The molecule has 0 spiro atoms. The largest absolute Gasteiger partial charge is 0.207 e. The van der Waals surface area contributed by atoms with Crippen LogP contribution in [0.25, 0.3) is 0 Å². The summed E-state index contributed by atoms with van der Waals surface area (Å²) in [5.41, 5.74) is 1.09. The quantitative estimate of drug-likeness (QED) is 0.534. The predicted molar refractivity (Wildman–Crippen MR) is 70.1 cm³/mol. The van der Waals surface area contributed by atoms with E-state index < -0.39 is 17.0 Å². The van der Waals surface area contributed by atoms with E-state index >= 15 is 0 Å². The maximum Gasteiger partial charge on any atom is 0.160 e. The second-order valence-corrected chi connectivity index (χ2v) is 5.02. The summed E-state index contributed by atoms with van der Waals surface area (Å²) in [6.45, 7) is 0. The molecule has 1 unspecified atom stereocenters. The molecule has 0 aliphatic rings. The van der Waals surface area contributed by atoms with Gasteiger partial charge < -0.3 is 0 Å². The van der Waals surface area contributed by atoms with E-state index in [0.29, 0.717) is 12.0 Å². The molecule has 0 nitrogen and oxygen atoms in total. The Morgan fingerprint density at radius 2 is 1.53 bits per heavy atom. The molecule has 2 aromatic rings. The number of hydrogen-bond acceptors (Lipinski definition) is 0. The third kappa shape index (κ3) is 3.43. The lowest BCUT2D eigenvalue weighted by atomic mass is 10.0. The van der Waals surface area contributed by atoms with Gasteiger partial charge in [-0.1, -0.05) is 23.7 Å². The van der Waals surface area contributed by atoms with Crippen LogP contribution < -0.4 is 0 Å². The zero-order valence-corrected chi connectivity index (χ0v) is 11.2. The van der Waals surface area contributed by atoms with Crippen LogP contribution in [0.15, 0.2) is 36.4 Å². The van der Waals surface area contributed by atoms with Gasteiger partial charge in [-0.25, -0.2) is 13.2 Å². The van der Waals surface area contributed by atoms with Gasteiger partial charge >= 0.3 is 0 Å². The Morgan fingerprint density at radius 1 is 0.947 bits per heavy atom. The molecule has 0 heterocycles. The number of halogens is 5. The van der Waals surface area contributed by atoms with Crippen molar-refractivity contribution < 1.29 is 13.2 Å². The van der Waals surface area contributed by atoms with E-state index in [-0.39, 0.29) is 10.8 Å². The van der Waals surface area contributed by atoms with Gasteiger partial charge in [0.1, 0.15) is 5.82 Å². The Kier molecular flexibility index (Phi) is 4.38. The topological polar surface area (TPSA) is 0 Å². The van der Waals surface area contributed by atoms with Crippen LogP contribution in [0.3, 0.4) is 0 Å². The van der Waals surface area contributed by atoms with Crippen molar-refractivity contribution in [3.8, 4) is 0 Å². The van der Waals surface area contributed by atoms with E-state index in [1.165, 1.54) is 12.1 Å². The summed E-state index contributed by atoms with van der Waals surface area (Å²) < 4.78 is 38.9. The van der Waals surface area contributed by atoms with Gasteiger partial charge in [-0.05, 0) is 41.8 Å². The van der Waals surface area contributed by atoms with Gasteiger partial charge in [0, 0.05) is 5.02 Å². The average Bonchev–Trinajstić information content (AvgIpc) is 2.36. The van der Waals surface area contributed by atoms with Crippen molar-refractivity contribution in [2.45, 2.75) is 11.8 Å². The third-order valence-corrected chi connectivity index (χ3v) is 3.42. The second-order valence-electron chi connectivity index (χ2n) is 4.09. The van der Waals surface area contributed by atoms with Crippen molar-refractivity contribution in [3.05, 3.63) is 70.0 Å². The Hall–Kier alpha value is -1.19. The fraction of sp³-hybridized carbons (Fsp3) is 0.143. The zero-order chi connectivity index (χ0) is 14.0. The molecular weight excluding hydrogens is 296 g/mol. The van der Waals surface area contributed by atoms with Gasteiger partial charge in [-0.3, -0.25) is 0 Å². The van der Waals surface area contributed by atoms with Crippen molar-refractivity contribution in [1.29, 1.82) is 0 Å². The molecule has 100 valence electrons. The summed E-state index contributed by atoms with van der Waals surface area (Å²) in [6, 6.07) is 7.67. The summed E-state index contributed by atoms with van der Waals surface area (Å²) in [5.74, 6) is -2.36. The summed E-state index contributed by atoms with van der Waals surface area (Å²) >= 11 is 12.0. The smallest absolute Gasteiger partial charge is 0.160 e. The molecule has 0 aliphatic carbocycles. The first-order valence-electron chi connectivity index (χ1n) is 5.50. The Morgan fingerprint density at radius 3 is 2.16 bits per heavy atom. The van der Waals surface area contributed by atoms with Crippen LogP contribution in [-0.2, 0) is 6.42 Å². The number of alkyl halides is 1. The first-order valence-corrected chi connectivity index (χ1v) is 6.32. The van der Waals surface area contributed by atoms with E-state index in [4.69, 9.17) is 23.2 Å². The molecule has 0 fully saturated rings. The molecule has 0 bridgehead atoms. The van der Waals surface area contributed by atoms with Crippen LogP contribution >= 0.6 is 23.2 Å². The average molecular weight is 305 g/mol. The highest BCUT2D eigenvalue weighted by molar-refractivity contribution is 6.32. The lowest BCUT2D eigenvalue weighted by molar-refractivity contribution is 0.507. The molecule has 19 heavy (non-hydrogen) atoms. The molecule has 2 rings (SSSR count). The SMILES string of the molecule is Fc1ccc(CC(Cl)c2cc(F)c(F)cc2Cl)cc1. The Labute approximate surface area is 118 Å². The Balaban J connectivity index is 2.22. The highest BCUT2D eigenvalue weighted by atomic mass is 35.5. The zero-order valence-electron chi connectivity index (χ0n) is 9.64. The molecule has 0 amide bonds. The summed E-state index contributed by atoms with van der Waals surface area (Å²) in [6.07, 6.45) is 0.340. The molecule has 0 aromatic heterocycles. The highest BCUT2D eigenvalue weighted by Crippen LogP contribution is 2.32. The minimum absolute atomic E-state index is 0.0704. The van der Waals surface area contributed by atoms with Crippen LogP contribution in [0, 0.1) is 17.5 Å². The fourth-order valence-electron chi connectivity index (χ4n) is 1.72. The Bertz CT molecular complexity index is 582. The normalized spacial score (nSPS) is 12.5. The molecule has 2 aromatic carbocycles. The highest BCUT2D eigenvalue weighted by Gasteiger charge is 2.16. The van der Waals surface area contributed by atoms with Crippen LogP contribution in [0.2, 0.25) is 5.02 Å². The molecule has 0 saturated carbocycles. The lowest BCUT2D eigenvalue weighted by Gasteiger charge is -2.12. The molecule has 5 heteroatoms. The fourth-order valence-corrected chi connectivity index (χ4v) is 2.41. The van der Waals surface area contributed by atoms with Crippen LogP contribution in [0.1, 0.15) is 16.5 Å². The van der Waals surface area contributed by atoms with E-state index in [1.807, 2.05) is 0 Å². The van der Waals surface area contributed by atoms with E-state index in [9.17, 15) is 13.2 Å². The maximum absolute atomic E-state index is 13.2. The van der Waals surface area contributed by atoms with Crippen molar-refractivity contribution in [1.82, 2.24) is 0 Å². The number of hydrogen-bond donors (Lipinski definition) is 0. The third-order valence-electron chi connectivity index (χ3n) is 2.71. The summed E-state index contributed by atoms with van der Waals surface area (Å²) in [5, 5.41) is -0.547. The van der Waals surface area contributed by atoms with Crippen LogP contribution in [0.4, 0.5) is 13.2 Å². The van der Waals surface area contributed by atoms with Gasteiger partial charge in [-0.15, -0.1) is 11.6 Å². The monoisotopic (exact) mass is 304 g/mol. The van der Waals surface area contributed by atoms with Crippen molar-refractivity contribution >= 4 is 23.2 Å². The molecule has 0 N–H and O–H groups in total. The van der Waals surface area contributed by atoms with Gasteiger partial charge in [0.2, 0.25) is 0 Å². The van der Waals surface area contributed by atoms with Gasteiger partial charge in [0.15, 0.2) is 11.6 Å².